The summed E-state index contributed by atoms with van der Waals surface area (Å²) < 4.78 is 6.65. The summed E-state index contributed by atoms with van der Waals surface area (Å²) >= 11 is 3.45. The molecule has 2 aromatic carbocycles. The smallest absolute Gasteiger partial charge is 0.223 e. The summed E-state index contributed by atoms with van der Waals surface area (Å²) in [7, 11) is 0. The van der Waals surface area contributed by atoms with Gasteiger partial charge in [0.05, 0.1) is 13.0 Å². The molecule has 0 fully saturated rings. The minimum atomic E-state index is 0.0206. The van der Waals surface area contributed by atoms with E-state index in [9.17, 15) is 4.79 Å². The molecule has 0 saturated carbocycles. The number of halogens is 1. The van der Waals surface area contributed by atoms with Crippen LogP contribution in [0.2, 0.25) is 0 Å². The van der Waals surface area contributed by atoms with E-state index in [1.54, 1.807) is 0 Å². The SMILES string of the molecule is CCNC(=O)CCOc1ccc2cc(Br)ccc2c1. The normalized spacial score (nSPS) is 10.4. The topological polar surface area (TPSA) is 38.3 Å². The molecule has 0 aromatic heterocycles. The summed E-state index contributed by atoms with van der Waals surface area (Å²) in [6.45, 7) is 2.96. The largest absolute Gasteiger partial charge is 0.493 e. The number of hydrogen-bond donors (Lipinski definition) is 1. The van der Waals surface area contributed by atoms with E-state index in [-0.39, 0.29) is 5.91 Å². The van der Waals surface area contributed by atoms with Crippen LogP contribution in [0.4, 0.5) is 0 Å². The highest BCUT2D eigenvalue weighted by molar-refractivity contribution is 9.10. The zero-order chi connectivity index (χ0) is 13.7. The second-order valence-corrected chi connectivity index (χ2v) is 5.12. The monoisotopic (exact) mass is 321 g/mol. The van der Waals surface area contributed by atoms with Crippen molar-refractivity contribution in [3.63, 3.8) is 0 Å². The lowest BCUT2D eigenvalue weighted by Gasteiger charge is -2.07. The average molecular weight is 322 g/mol. The van der Waals surface area contributed by atoms with Crippen LogP contribution in [0.5, 0.6) is 5.75 Å². The van der Waals surface area contributed by atoms with E-state index in [4.69, 9.17) is 4.74 Å². The molecule has 0 radical (unpaired) electrons. The Labute approximate surface area is 121 Å². The van der Waals surface area contributed by atoms with E-state index in [0.717, 1.165) is 21.0 Å². The number of rotatable bonds is 5. The Morgan fingerprint density at radius 3 is 2.74 bits per heavy atom. The van der Waals surface area contributed by atoms with E-state index in [1.165, 1.54) is 0 Å². The average Bonchev–Trinajstić information content (AvgIpc) is 2.39. The third-order valence-electron chi connectivity index (χ3n) is 2.75. The first kappa shape index (κ1) is 13.9. The van der Waals surface area contributed by atoms with Crippen LogP contribution in [0.25, 0.3) is 10.8 Å². The second-order valence-electron chi connectivity index (χ2n) is 4.21. The number of carbonyl (C=O) groups excluding carboxylic acids is 1. The molecule has 19 heavy (non-hydrogen) atoms. The van der Waals surface area contributed by atoms with Crippen LogP contribution in [-0.2, 0) is 4.79 Å². The summed E-state index contributed by atoms with van der Waals surface area (Å²) in [5, 5.41) is 5.03. The molecule has 0 atom stereocenters. The summed E-state index contributed by atoms with van der Waals surface area (Å²) in [6, 6.07) is 12.0. The molecule has 1 amide bonds. The third-order valence-corrected chi connectivity index (χ3v) is 3.24. The highest BCUT2D eigenvalue weighted by atomic mass is 79.9. The van der Waals surface area contributed by atoms with Crippen molar-refractivity contribution in [2.45, 2.75) is 13.3 Å². The number of fused-ring (bicyclic) bond motifs is 1. The molecular formula is C15H16BrNO2. The van der Waals surface area contributed by atoms with Crippen LogP contribution in [0.15, 0.2) is 40.9 Å². The predicted octanol–water partition coefficient (Wildman–Crippen LogP) is 3.51. The first-order chi connectivity index (χ1) is 9.19. The quantitative estimate of drug-likeness (QED) is 0.915. The molecule has 0 saturated heterocycles. The molecular weight excluding hydrogens is 306 g/mol. The van der Waals surface area contributed by atoms with Crippen molar-refractivity contribution in [2.24, 2.45) is 0 Å². The van der Waals surface area contributed by atoms with Gasteiger partial charge in [0, 0.05) is 11.0 Å². The van der Waals surface area contributed by atoms with Gasteiger partial charge in [-0.05, 0) is 42.0 Å². The Hall–Kier alpha value is -1.55. The fraction of sp³-hybridized carbons (Fsp3) is 0.267. The van der Waals surface area contributed by atoms with Crippen LogP contribution in [0.3, 0.4) is 0 Å². The van der Waals surface area contributed by atoms with Gasteiger partial charge in [0.25, 0.3) is 0 Å². The van der Waals surface area contributed by atoms with Gasteiger partial charge in [0.15, 0.2) is 0 Å². The van der Waals surface area contributed by atoms with Crippen LogP contribution in [-0.4, -0.2) is 19.1 Å². The number of benzene rings is 2. The number of hydrogen-bond acceptors (Lipinski definition) is 2. The summed E-state index contributed by atoms with van der Waals surface area (Å²) in [6.07, 6.45) is 0.381. The molecule has 100 valence electrons. The van der Waals surface area contributed by atoms with Crippen LogP contribution in [0, 0.1) is 0 Å². The maximum Gasteiger partial charge on any atom is 0.223 e. The summed E-state index contributed by atoms with van der Waals surface area (Å²) in [4.78, 5) is 11.3. The lowest BCUT2D eigenvalue weighted by Crippen LogP contribution is -2.24. The first-order valence-corrected chi connectivity index (χ1v) is 7.07. The highest BCUT2D eigenvalue weighted by Gasteiger charge is 2.01. The zero-order valence-corrected chi connectivity index (χ0v) is 12.4. The Morgan fingerprint density at radius 2 is 1.95 bits per heavy atom. The number of amides is 1. The van der Waals surface area contributed by atoms with Gasteiger partial charge in [-0.25, -0.2) is 0 Å². The lowest BCUT2D eigenvalue weighted by molar-refractivity contribution is -0.121. The number of ether oxygens (including phenoxy) is 1. The minimum absolute atomic E-state index is 0.0206. The van der Waals surface area contributed by atoms with Gasteiger partial charge in [-0.3, -0.25) is 4.79 Å². The maximum absolute atomic E-state index is 11.3. The minimum Gasteiger partial charge on any atom is -0.493 e. The van der Waals surface area contributed by atoms with Crippen LogP contribution < -0.4 is 10.1 Å². The van der Waals surface area contributed by atoms with Crippen molar-refractivity contribution < 1.29 is 9.53 Å². The van der Waals surface area contributed by atoms with Gasteiger partial charge >= 0.3 is 0 Å². The Morgan fingerprint density at radius 1 is 1.21 bits per heavy atom. The van der Waals surface area contributed by atoms with Gasteiger partial charge in [-0.15, -0.1) is 0 Å². The Kier molecular flexibility index (Phi) is 4.80. The first-order valence-electron chi connectivity index (χ1n) is 6.28. The van der Waals surface area contributed by atoms with Gasteiger partial charge in [0.2, 0.25) is 5.91 Å². The molecule has 1 N–H and O–H groups in total. The van der Waals surface area contributed by atoms with Crippen molar-refractivity contribution in [1.82, 2.24) is 5.32 Å². The van der Waals surface area contributed by atoms with Crippen molar-refractivity contribution in [3.05, 3.63) is 40.9 Å². The van der Waals surface area contributed by atoms with E-state index in [2.05, 4.69) is 27.3 Å². The molecule has 0 aliphatic heterocycles. The highest BCUT2D eigenvalue weighted by Crippen LogP contribution is 2.24. The number of nitrogens with one attached hydrogen (secondary N) is 1. The Bertz CT molecular complexity index is 583. The van der Waals surface area contributed by atoms with Crippen molar-refractivity contribution >= 4 is 32.6 Å². The van der Waals surface area contributed by atoms with Crippen molar-refractivity contribution in [2.75, 3.05) is 13.2 Å². The summed E-state index contributed by atoms with van der Waals surface area (Å²) in [5.41, 5.74) is 0. The predicted molar refractivity (Wildman–Crippen MR) is 80.4 cm³/mol. The van der Waals surface area contributed by atoms with Gasteiger partial charge in [-0.1, -0.05) is 28.1 Å². The molecule has 0 unspecified atom stereocenters. The molecule has 4 heteroatoms. The molecule has 0 spiro atoms. The molecule has 0 aliphatic rings. The van der Waals surface area contributed by atoms with E-state index >= 15 is 0 Å². The Balaban J connectivity index is 1.98. The second kappa shape index (κ2) is 6.57. The molecule has 0 aliphatic carbocycles. The molecule has 0 bridgehead atoms. The molecule has 2 rings (SSSR count). The lowest BCUT2D eigenvalue weighted by atomic mass is 10.1. The fourth-order valence-electron chi connectivity index (χ4n) is 1.83. The maximum atomic E-state index is 11.3. The van der Waals surface area contributed by atoms with E-state index in [1.807, 2.05) is 37.3 Å². The van der Waals surface area contributed by atoms with Gasteiger partial charge in [0.1, 0.15) is 5.75 Å². The van der Waals surface area contributed by atoms with Gasteiger partial charge < -0.3 is 10.1 Å². The molecule has 0 heterocycles. The molecule has 3 nitrogen and oxygen atoms in total. The van der Waals surface area contributed by atoms with Gasteiger partial charge in [-0.2, -0.15) is 0 Å². The molecule has 2 aromatic rings. The number of carbonyl (C=O) groups is 1. The van der Waals surface area contributed by atoms with E-state index < -0.39 is 0 Å². The van der Waals surface area contributed by atoms with Crippen molar-refractivity contribution in [1.29, 1.82) is 0 Å². The third kappa shape index (κ3) is 3.96. The van der Waals surface area contributed by atoms with Crippen LogP contribution >= 0.6 is 15.9 Å². The summed E-state index contributed by atoms with van der Waals surface area (Å²) in [5.74, 6) is 0.811. The van der Waals surface area contributed by atoms with Crippen LogP contribution in [0.1, 0.15) is 13.3 Å². The standard InChI is InChI=1S/C15H16BrNO2/c1-2-17-15(18)7-8-19-14-6-4-11-9-13(16)5-3-12(11)10-14/h3-6,9-10H,2,7-8H2,1H3,(H,17,18). The fourth-order valence-corrected chi connectivity index (χ4v) is 2.21. The van der Waals surface area contributed by atoms with E-state index in [0.29, 0.717) is 19.6 Å². The van der Waals surface area contributed by atoms with Crippen molar-refractivity contribution in [3.8, 4) is 5.75 Å². The zero-order valence-electron chi connectivity index (χ0n) is 10.8.